The van der Waals surface area contributed by atoms with Crippen molar-refractivity contribution in [2.75, 3.05) is 6.61 Å². The lowest BCUT2D eigenvalue weighted by Crippen LogP contribution is -2.43. The monoisotopic (exact) mass is 318 g/mol. The van der Waals surface area contributed by atoms with Gasteiger partial charge >= 0.3 is 5.97 Å². The number of hydrogen-bond acceptors (Lipinski definition) is 4. The van der Waals surface area contributed by atoms with Crippen LogP contribution in [0.25, 0.3) is 0 Å². The van der Waals surface area contributed by atoms with Crippen LogP contribution in [-0.2, 0) is 14.3 Å². The average molecular weight is 318 g/mol. The van der Waals surface area contributed by atoms with E-state index in [1.165, 1.54) is 0 Å². The molecule has 5 heteroatoms. The highest BCUT2D eigenvalue weighted by Crippen LogP contribution is 2.26. The highest BCUT2D eigenvalue weighted by molar-refractivity contribution is 5.83. The van der Waals surface area contributed by atoms with Gasteiger partial charge < -0.3 is 15.8 Å². The SMILES string of the molecule is CCOC(=O)C1CCC(NC(=O)C(N)c2ccc(C)cc2)CC1. The zero-order chi connectivity index (χ0) is 16.8. The Kier molecular flexibility index (Phi) is 6.16. The number of hydrogen-bond donors (Lipinski definition) is 2. The van der Waals surface area contributed by atoms with Crippen LogP contribution in [0.3, 0.4) is 0 Å². The molecular weight excluding hydrogens is 292 g/mol. The third-order valence-electron chi connectivity index (χ3n) is 4.41. The van der Waals surface area contributed by atoms with Gasteiger partial charge in [0.1, 0.15) is 6.04 Å². The fourth-order valence-electron chi connectivity index (χ4n) is 2.95. The molecule has 23 heavy (non-hydrogen) atoms. The van der Waals surface area contributed by atoms with Gasteiger partial charge in [0, 0.05) is 6.04 Å². The number of aryl methyl sites for hydroxylation is 1. The topological polar surface area (TPSA) is 81.4 Å². The second-order valence-corrected chi connectivity index (χ2v) is 6.20. The van der Waals surface area contributed by atoms with E-state index in [9.17, 15) is 9.59 Å². The molecule has 0 saturated heterocycles. The van der Waals surface area contributed by atoms with Gasteiger partial charge in [-0.05, 0) is 45.1 Å². The molecule has 1 aromatic rings. The maximum atomic E-state index is 12.3. The largest absolute Gasteiger partial charge is 0.466 e. The fourth-order valence-corrected chi connectivity index (χ4v) is 2.95. The van der Waals surface area contributed by atoms with Crippen LogP contribution < -0.4 is 11.1 Å². The van der Waals surface area contributed by atoms with Crippen LogP contribution in [0.1, 0.15) is 49.8 Å². The molecule has 1 saturated carbocycles. The summed E-state index contributed by atoms with van der Waals surface area (Å²) in [5, 5.41) is 3.01. The molecular formula is C18H26N2O3. The number of benzene rings is 1. The number of amides is 1. The van der Waals surface area contributed by atoms with Crippen LogP contribution in [-0.4, -0.2) is 24.5 Å². The van der Waals surface area contributed by atoms with Crippen molar-refractivity contribution in [3.8, 4) is 0 Å². The van der Waals surface area contributed by atoms with Gasteiger partial charge in [0.25, 0.3) is 0 Å². The molecule has 2 rings (SSSR count). The zero-order valence-electron chi connectivity index (χ0n) is 13.9. The van der Waals surface area contributed by atoms with E-state index in [2.05, 4.69) is 5.32 Å². The Morgan fingerprint density at radius 3 is 2.39 bits per heavy atom. The number of nitrogens with two attached hydrogens (primary N) is 1. The van der Waals surface area contributed by atoms with E-state index in [0.29, 0.717) is 6.61 Å². The molecule has 1 fully saturated rings. The fraction of sp³-hybridized carbons (Fsp3) is 0.556. The maximum Gasteiger partial charge on any atom is 0.308 e. The van der Waals surface area contributed by atoms with Crippen molar-refractivity contribution < 1.29 is 14.3 Å². The van der Waals surface area contributed by atoms with Gasteiger partial charge in [0.2, 0.25) is 5.91 Å². The minimum Gasteiger partial charge on any atom is -0.466 e. The summed E-state index contributed by atoms with van der Waals surface area (Å²) in [4.78, 5) is 24.0. The van der Waals surface area contributed by atoms with Crippen molar-refractivity contribution in [3.63, 3.8) is 0 Å². The van der Waals surface area contributed by atoms with Gasteiger partial charge in [0.15, 0.2) is 0 Å². The molecule has 1 aromatic carbocycles. The third kappa shape index (κ3) is 4.79. The summed E-state index contributed by atoms with van der Waals surface area (Å²) in [5.41, 5.74) is 7.99. The highest BCUT2D eigenvalue weighted by Gasteiger charge is 2.29. The van der Waals surface area contributed by atoms with E-state index in [1.807, 2.05) is 38.1 Å². The molecule has 0 radical (unpaired) electrons. The van der Waals surface area contributed by atoms with E-state index in [1.54, 1.807) is 0 Å². The number of carbonyl (C=O) groups excluding carboxylic acids is 2. The summed E-state index contributed by atoms with van der Waals surface area (Å²) in [6.45, 7) is 4.23. The number of esters is 1. The lowest BCUT2D eigenvalue weighted by atomic mass is 9.86. The van der Waals surface area contributed by atoms with Crippen molar-refractivity contribution in [2.45, 2.75) is 51.6 Å². The lowest BCUT2D eigenvalue weighted by Gasteiger charge is -2.28. The Bertz CT molecular complexity index is 534. The summed E-state index contributed by atoms with van der Waals surface area (Å²) in [6, 6.07) is 7.11. The van der Waals surface area contributed by atoms with E-state index in [0.717, 1.165) is 36.8 Å². The number of rotatable bonds is 5. The lowest BCUT2D eigenvalue weighted by molar-refractivity contribution is -0.149. The van der Waals surface area contributed by atoms with Crippen LogP contribution in [0, 0.1) is 12.8 Å². The molecule has 0 aromatic heterocycles. The Morgan fingerprint density at radius 2 is 1.83 bits per heavy atom. The first kappa shape index (κ1) is 17.5. The van der Waals surface area contributed by atoms with Gasteiger partial charge in [-0.25, -0.2) is 0 Å². The Hall–Kier alpha value is -1.88. The molecule has 5 nitrogen and oxygen atoms in total. The molecule has 126 valence electrons. The van der Waals surface area contributed by atoms with Crippen molar-refractivity contribution in [2.24, 2.45) is 11.7 Å². The molecule has 0 heterocycles. The first-order chi connectivity index (χ1) is 11.0. The molecule has 1 amide bonds. The van der Waals surface area contributed by atoms with E-state index in [4.69, 9.17) is 10.5 Å². The van der Waals surface area contributed by atoms with Gasteiger partial charge in [-0.2, -0.15) is 0 Å². The highest BCUT2D eigenvalue weighted by atomic mass is 16.5. The van der Waals surface area contributed by atoms with Crippen molar-refractivity contribution in [1.29, 1.82) is 0 Å². The molecule has 1 unspecified atom stereocenters. The summed E-state index contributed by atoms with van der Waals surface area (Å²) in [6.07, 6.45) is 3.08. The standard InChI is InChI=1S/C18H26N2O3/c1-3-23-18(22)14-8-10-15(11-9-14)20-17(21)16(19)13-6-4-12(2)5-7-13/h4-7,14-16H,3,8-11,19H2,1-2H3,(H,20,21). The second kappa shape index (κ2) is 8.11. The maximum absolute atomic E-state index is 12.3. The average Bonchev–Trinajstić information content (AvgIpc) is 2.55. The van der Waals surface area contributed by atoms with Crippen molar-refractivity contribution in [1.82, 2.24) is 5.32 Å². The first-order valence-corrected chi connectivity index (χ1v) is 8.30. The molecule has 0 bridgehead atoms. The van der Waals surface area contributed by atoms with Crippen molar-refractivity contribution >= 4 is 11.9 Å². The van der Waals surface area contributed by atoms with Crippen LogP contribution >= 0.6 is 0 Å². The Morgan fingerprint density at radius 1 is 1.22 bits per heavy atom. The Balaban J connectivity index is 1.82. The Labute approximate surface area is 137 Å². The number of nitrogens with one attached hydrogen (secondary N) is 1. The van der Waals surface area contributed by atoms with Gasteiger partial charge in [-0.3, -0.25) is 9.59 Å². The summed E-state index contributed by atoms with van der Waals surface area (Å²) in [5.74, 6) is -0.309. The van der Waals surface area contributed by atoms with Crippen LogP contribution in [0.15, 0.2) is 24.3 Å². The van der Waals surface area contributed by atoms with E-state index in [-0.39, 0.29) is 23.8 Å². The van der Waals surface area contributed by atoms with Gasteiger partial charge in [-0.15, -0.1) is 0 Å². The quantitative estimate of drug-likeness (QED) is 0.816. The van der Waals surface area contributed by atoms with Crippen LogP contribution in [0.5, 0.6) is 0 Å². The third-order valence-corrected chi connectivity index (χ3v) is 4.41. The van der Waals surface area contributed by atoms with Gasteiger partial charge in [-0.1, -0.05) is 29.8 Å². The minimum absolute atomic E-state index is 0.0334. The zero-order valence-corrected chi connectivity index (χ0v) is 13.9. The smallest absolute Gasteiger partial charge is 0.308 e. The normalized spacial score (nSPS) is 22.2. The summed E-state index contributed by atoms with van der Waals surface area (Å²) in [7, 11) is 0. The second-order valence-electron chi connectivity index (χ2n) is 6.20. The number of ether oxygens (including phenoxy) is 1. The molecule has 1 aliphatic rings. The summed E-state index contributed by atoms with van der Waals surface area (Å²) >= 11 is 0. The molecule has 0 aliphatic heterocycles. The number of carbonyl (C=O) groups is 2. The predicted molar refractivity (Wildman–Crippen MR) is 88.6 cm³/mol. The molecule has 1 aliphatic carbocycles. The minimum atomic E-state index is -0.654. The predicted octanol–water partition coefficient (Wildman–Crippen LogP) is 2.23. The van der Waals surface area contributed by atoms with Gasteiger partial charge in [0.05, 0.1) is 12.5 Å². The van der Waals surface area contributed by atoms with Crippen LogP contribution in [0.2, 0.25) is 0 Å². The van der Waals surface area contributed by atoms with E-state index >= 15 is 0 Å². The van der Waals surface area contributed by atoms with Crippen LogP contribution in [0.4, 0.5) is 0 Å². The molecule has 3 N–H and O–H groups in total. The molecule has 1 atom stereocenters. The molecule has 0 spiro atoms. The summed E-state index contributed by atoms with van der Waals surface area (Å²) < 4.78 is 5.06. The van der Waals surface area contributed by atoms with Crippen molar-refractivity contribution in [3.05, 3.63) is 35.4 Å². The van der Waals surface area contributed by atoms with E-state index < -0.39 is 6.04 Å². The first-order valence-electron chi connectivity index (χ1n) is 8.30.